The van der Waals surface area contributed by atoms with Gasteiger partial charge in [-0.15, -0.1) is 0 Å². The molecule has 0 aliphatic heterocycles. The third-order valence-electron chi connectivity index (χ3n) is 4.58. The molecule has 1 N–H and O–H groups in total. The molecule has 9 heteroatoms. The van der Waals surface area contributed by atoms with Gasteiger partial charge < -0.3 is 10.2 Å². The van der Waals surface area contributed by atoms with Crippen molar-refractivity contribution in [2.24, 2.45) is 0 Å². The fourth-order valence-electron chi connectivity index (χ4n) is 2.89. The van der Waals surface area contributed by atoms with E-state index in [0.717, 1.165) is 15.6 Å². The number of anilines is 2. The molecule has 2 aromatic carbocycles. The maximum atomic E-state index is 12.8. The van der Waals surface area contributed by atoms with Gasteiger partial charge in [0.15, 0.2) is 0 Å². The molecule has 3 rings (SSSR count). The van der Waals surface area contributed by atoms with Gasteiger partial charge in [0.2, 0.25) is 10.0 Å². The van der Waals surface area contributed by atoms with Crippen LogP contribution >= 0.6 is 0 Å². The third-order valence-corrected chi connectivity index (χ3v) is 6.39. The Hall–Kier alpha value is -3.17. The molecule has 0 fully saturated rings. The van der Waals surface area contributed by atoms with Crippen LogP contribution < -0.4 is 10.2 Å². The van der Waals surface area contributed by atoms with E-state index >= 15 is 0 Å². The summed E-state index contributed by atoms with van der Waals surface area (Å²) >= 11 is 0. The molecule has 1 amide bonds. The van der Waals surface area contributed by atoms with Crippen molar-refractivity contribution in [2.75, 3.05) is 38.4 Å². The third kappa shape index (κ3) is 4.37. The van der Waals surface area contributed by atoms with Gasteiger partial charge in [-0.3, -0.25) is 4.79 Å². The lowest BCUT2D eigenvalue weighted by molar-refractivity contribution is 0.102. The number of benzene rings is 2. The van der Waals surface area contributed by atoms with Crippen molar-refractivity contribution in [2.45, 2.75) is 11.8 Å². The molecule has 8 nitrogen and oxygen atoms in total. The number of nitrogens with one attached hydrogen (secondary N) is 1. The second-order valence-electron chi connectivity index (χ2n) is 7.32. The van der Waals surface area contributed by atoms with E-state index in [-0.39, 0.29) is 10.8 Å². The number of sulfonamides is 1. The molecule has 0 spiro atoms. The van der Waals surface area contributed by atoms with Gasteiger partial charge in [-0.2, -0.15) is 5.10 Å². The minimum Gasteiger partial charge on any atom is -0.376 e. The van der Waals surface area contributed by atoms with Gasteiger partial charge in [-0.1, -0.05) is 0 Å². The number of nitrogens with zero attached hydrogens (tertiary/aromatic N) is 4. The van der Waals surface area contributed by atoms with E-state index in [1.165, 1.54) is 26.2 Å². The molecule has 3 aromatic rings. The van der Waals surface area contributed by atoms with Crippen LogP contribution in [0, 0.1) is 6.92 Å². The second-order valence-corrected chi connectivity index (χ2v) is 9.48. The Labute approximate surface area is 176 Å². The van der Waals surface area contributed by atoms with Crippen molar-refractivity contribution in [3.05, 3.63) is 66.0 Å². The minimum atomic E-state index is -3.62. The summed E-state index contributed by atoms with van der Waals surface area (Å²) in [7, 11) is 2.96. The predicted molar refractivity (Wildman–Crippen MR) is 118 cm³/mol. The smallest absolute Gasteiger partial charge is 0.255 e. The maximum Gasteiger partial charge on any atom is 0.255 e. The van der Waals surface area contributed by atoms with Crippen molar-refractivity contribution >= 4 is 27.3 Å². The number of amides is 1. The zero-order valence-corrected chi connectivity index (χ0v) is 18.4. The van der Waals surface area contributed by atoms with Crippen molar-refractivity contribution in [3.8, 4) is 5.69 Å². The normalized spacial score (nSPS) is 11.5. The highest BCUT2D eigenvalue weighted by Crippen LogP contribution is 2.29. The molecule has 1 aromatic heterocycles. The molecule has 0 aliphatic carbocycles. The standard InChI is InChI=1S/C21H25N5O3S/c1-15-13-22-26(14-15)17-8-6-16(7-9-17)21(27)23-19-12-18(30(28,29)25(4)5)10-11-20(19)24(2)3/h6-14H,1-5H3,(H,23,27). The highest BCUT2D eigenvalue weighted by atomic mass is 32.2. The van der Waals surface area contributed by atoms with Crippen LogP contribution in [0.3, 0.4) is 0 Å². The van der Waals surface area contributed by atoms with Crippen LogP contribution in [0.4, 0.5) is 11.4 Å². The summed E-state index contributed by atoms with van der Waals surface area (Å²) in [6.45, 7) is 1.96. The fraction of sp³-hybridized carbons (Fsp3) is 0.238. The van der Waals surface area contributed by atoms with Crippen molar-refractivity contribution in [1.29, 1.82) is 0 Å². The molecular weight excluding hydrogens is 402 g/mol. The molecular formula is C21H25N5O3S. The van der Waals surface area contributed by atoms with Crippen LogP contribution in [0.15, 0.2) is 59.8 Å². The van der Waals surface area contributed by atoms with Gasteiger partial charge in [0, 0.05) is 40.0 Å². The van der Waals surface area contributed by atoms with Gasteiger partial charge in [0.25, 0.3) is 5.91 Å². The Balaban J connectivity index is 1.90. The Morgan fingerprint density at radius 2 is 1.70 bits per heavy atom. The number of hydrogen-bond donors (Lipinski definition) is 1. The predicted octanol–water partition coefficient (Wildman–Crippen LogP) is 2.75. The molecule has 0 atom stereocenters. The molecule has 0 radical (unpaired) electrons. The summed E-state index contributed by atoms with van der Waals surface area (Å²) in [5, 5.41) is 7.09. The molecule has 30 heavy (non-hydrogen) atoms. The zero-order chi connectivity index (χ0) is 22.1. The Morgan fingerprint density at radius 1 is 1.03 bits per heavy atom. The number of hydrogen-bond acceptors (Lipinski definition) is 5. The van der Waals surface area contributed by atoms with E-state index in [1.807, 2.05) is 32.1 Å². The lowest BCUT2D eigenvalue weighted by Crippen LogP contribution is -2.23. The Bertz CT molecular complexity index is 1170. The zero-order valence-electron chi connectivity index (χ0n) is 17.6. The highest BCUT2D eigenvalue weighted by molar-refractivity contribution is 7.89. The molecule has 0 saturated heterocycles. The summed E-state index contributed by atoms with van der Waals surface area (Å²) in [6, 6.07) is 11.7. The molecule has 0 aliphatic rings. The summed E-state index contributed by atoms with van der Waals surface area (Å²) in [6.07, 6.45) is 3.66. The molecule has 158 valence electrons. The maximum absolute atomic E-state index is 12.8. The lowest BCUT2D eigenvalue weighted by Gasteiger charge is -2.20. The summed E-state index contributed by atoms with van der Waals surface area (Å²) in [4.78, 5) is 14.7. The summed E-state index contributed by atoms with van der Waals surface area (Å²) in [5.74, 6) is -0.333. The van der Waals surface area contributed by atoms with Gasteiger partial charge in [0.1, 0.15) is 0 Å². The van der Waals surface area contributed by atoms with Gasteiger partial charge in [0.05, 0.1) is 28.2 Å². The first-order valence-corrected chi connectivity index (χ1v) is 10.7. The SMILES string of the molecule is Cc1cnn(-c2ccc(C(=O)Nc3cc(S(=O)(=O)N(C)C)ccc3N(C)C)cc2)c1. The van der Waals surface area contributed by atoms with Gasteiger partial charge in [-0.25, -0.2) is 17.4 Å². The van der Waals surface area contributed by atoms with E-state index in [9.17, 15) is 13.2 Å². The quantitative estimate of drug-likeness (QED) is 0.654. The first-order chi connectivity index (χ1) is 14.1. The van der Waals surface area contributed by atoms with E-state index in [4.69, 9.17) is 0 Å². The van der Waals surface area contributed by atoms with E-state index < -0.39 is 10.0 Å². The number of aromatic nitrogens is 2. The largest absolute Gasteiger partial charge is 0.376 e. The average Bonchev–Trinajstić information content (AvgIpc) is 3.14. The van der Waals surface area contributed by atoms with Gasteiger partial charge >= 0.3 is 0 Å². The second kappa shape index (κ2) is 8.29. The topological polar surface area (TPSA) is 87.5 Å². The summed E-state index contributed by atoms with van der Waals surface area (Å²) in [5.41, 5.74) is 3.45. The van der Waals surface area contributed by atoms with E-state index in [0.29, 0.717) is 16.9 Å². The number of carbonyl (C=O) groups is 1. The van der Waals surface area contributed by atoms with E-state index in [2.05, 4.69) is 10.4 Å². The summed E-state index contributed by atoms with van der Waals surface area (Å²) < 4.78 is 27.8. The van der Waals surface area contributed by atoms with Crippen LogP contribution in [0.5, 0.6) is 0 Å². The van der Waals surface area contributed by atoms with Crippen molar-refractivity contribution in [3.63, 3.8) is 0 Å². The molecule has 1 heterocycles. The number of aryl methyl sites for hydroxylation is 1. The van der Waals surface area contributed by atoms with Crippen LogP contribution in [0.2, 0.25) is 0 Å². The molecule has 0 saturated carbocycles. The fourth-order valence-corrected chi connectivity index (χ4v) is 3.82. The first-order valence-electron chi connectivity index (χ1n) is 9.26. The van der Waals surface area contributed by atoms with Crippen LogP contribution in [0.1, 0.15) is 15.9 Å². The number of carbonyl (C=O) groups excluding carboxylic acids is 1. The van der Waals surface area contributed by atoms with Gasteiger partial charge in [-0.05, 0) is 55.0 Å². The molecule has 0 unspecified atom stereocenters. The average molecular weight is 428 g/mol. The molecule has 0 bridgehead atoms. The monoisotopic (exact) mass is 427 g/mol. The number of rotatable bonds is 6. The van der Waals surface area contributed by atoms with Crippen molar-refractivity contribution < 1.29 is 13.2 Å². The minimum absolute atomic E-state index is 0.109. The Morgan fingerprint density at radius 3 is 2.23 bits per heavy atom. The van der Waals surface area contributed by atoms with Crippen LogP contribution in [-0.2, 0) is 10.0 Å². The van der Waals surface area contributed by atoms with Crippen LogP contribution in [0.25, 0.3) is 5.69 Å². The highest BCUT2D eigenvalue weighted by Gasteiger charge is 2.20. The van der Waals surface area contributed by atoms with E-state index in [1.54, 1.807) is 41.2 Å². The van der Waals surface area contributed by atoms with Crippen molar-refractivity contribution in [1.82, 2.24) is 14.1 Å². The first kappa shape index (κ1) is 21.5. The Kier molecular flexibility index (Phi) is 5.95. The lowest BCUT2D eigenvalue weighted by atomic mass is 10.1. The van der Waals surface area contributed by atoms with Crippen LogP contribution in [-0.4, -0.2) is 56.6 Å².